The standard InChI is InChI=1S/C32H59N8O3P/c1-3-42-44(41,43-4-2)19-18-39-14-16-40(17-15-39)31-22-30(33)37-32(38-31)36-24-26-8-6-25(7-9-26)23-34-12-5-13-35-29-21-27-10-11-28(29)20-27/h22,25-29,34-35H,3-21,23-24H2,1-2H3,(H3,33,36,37,38)/t25?,26?,27-,28?,29?/m1/s1. The van der Waals surface area contributed by atoms with Gasteiger partial charge in [-0.25, -0.2) is 0 Å². The second-order valence-electron chi connectivity index (χ2n) is 13.5. The molecule has 0 radical (unpaired) electrons. The number of nitrogens with two attached hydrogens (primary N) is 1. The number of rotatable bonds is 18. The van der Waals surface area contributed by atoms with Crippen molar-refractivity contribution >= 4 is 25.2 Å². The van der Waals surface area contributed by atoms with E-state index in [-0.39, 0.29) is 0 Å². The van der Waals surface area contributed by atoms with Crippen LogP contribution in [0.3, 0.4) is 0 Å². The predicted octanol–water partition coefficient (Wildman–Crippen LogP) is 4.42. The van der Waals surface area contributed by atoms with Gasteiger partial charge in [0.25, 0.3) is 0 Å². The summed E-state index contributed by atoms with van der Waals surface area (Å²) in [5.74, 6) is 5.43. The normalized spacial score (nSPS) is 27.7. The average Bonchev–Trinajstić information content (AvgIpc) is 3.66. The van der Waals surface area contributed by atoms with Crippen molar-refractivity contribution in [1.29, 1.82) is 0 Å². The topological polar surface area (TPSA) is 130 Å². The van der Waals surface area contributed by atoms with Crippen LogP contribution in [0.4, 0.5) is 17.6 Å². The Bertz CT molecular complexity index is 1040. The van der Waals surface area contributed by atoms with E-state index in [0.717, 1.165) is 82.0 Å². The molecule has 44 heavy (non-hydrogen) atoms. The fourth-order valence-corrected chi connectivity index (χ4v) is 9.54. The number of nitrogens with zero attached hydrogens (tertiary/aromatic N) is 4. The molecule has 3 saturated carbocycles. The van der Waals surface area contributed by atoms with Gasteiger partial charge < -0.3 is 35.6 Å². The fraction of sp³-hybridized carbons (Fsp3) is 0.875. The Morgan fingerprint density at radius 2 is 1.66 bits per heavy atom. The molecule has 11 nitrogen and oxygen atoms in total. The number of aromatic nitrogens is 2. The Labute approximate surface area is 265 Å². The van der Waals surface area contributed by atoms with Crippen LogP contribution in [0.2, 0.25) is 0 Å². The van der Waals surface area contributed by atoms with Gasteiger partial charge in [0.2, 0.25) is 5.95 Å². The molecule has 5 N–H and O–H groups in total. The van der Waals surface area contributed by atoms with Crippen molar-refractivity contribution in [2.45, 2.75) is 77.7 Å². The molecule has 250 valence electrons. The van der Waals surface area contributed by atoms with Gasteiger partial charge in [-0.1, -0.05) is 6.42 Å². The third kappa shape index (κ3) is 10.0. The molecule has 4 fully saturated rings. The first-order valence-electron chi connectivity index (χ1n) is 17.6. The molecule has 3 aliphatic carbocycles. The van der Waals surface area contributed by atoms with Crippen LogP contribution >= 0.6 is 7.60 Å². The summed E-state index contributed by atoms with van der Waals surface area (Å²) in [6.45, 7) is 12.9. The third-order valence-corrected chi connectivity index (χ3v) is 12.4. The molecule has 2 bridgehead atoms. The predicted molar refractivity (Wildman–Crippen MR) is 179 cm³/mol. The summed E-state index contributed by atoms with van der Waals surface area (Å²) in [4.78, 5) is 13.9. The maximum absolute atomic E-state index is 12.8. The molecule has 3 atom stereocenters. The minimum atomic E-state index is -3.02. The van der Waals surface area contributed by atoms with Crippen LogP contribution < -0.4 is 26.6 Å². The van der Waals surface area contributed by atoms with Crippen molar-refractivity contribution in [3.63, 3.8) is 0 Å². The Hall–Kier alpha value is -1.49. The second-order valence-corrected chi connectivity index (χ2v) is 15.7. The number of fused-ring (bicyclic) bond motifs is 2. The molecule has 1 saturated heterocycles. The Morgan fingerprint density at radius 1 is 0.932 bits per heavy atom. The van der Waals surface area contributed by atoms with Gasteiger partial charge in [0, 0.05) is 51.4 Å². The average molecular weight is 635 g/mol. The summed E-state index contributed by atoms with van der Waals surface area (Å²) < 4.78 is 23.7. The van der Waals surface area contributed by atoms with E-state index in [1.165, 1.54) is 57.8 Å². The summed E-state index contributed by atoms with van der Waals surface area (Å²) in [6.07, 6.45) is 12.6. The zero-order valence-corrected chi connectivity index (χ0v) is 28.2. The van der Waals surface area contributed by atoms with Crippen molar-refractivity contribution in [3.8, 4) is 0 Å². The molecule has 0 amide bonds. The molecule has 2 heterocycles. The summed E-state index contributed by atoms with van der Waals surface area (Å²) >= 11 is 0. The first-order chi connectivity index (χ1) is 21.4. The van der Waals surface area contributed by atoms with Crippen molar-refractivity contribution in [3.05, 3.63) is 6.07 Å². The first-order valence-corrected chi connectivity index (χ1v) is 19.3. The Kier molecular flexibility index (Phi) is 13.0. The number of nitrogen functional groups attached to an aromatic ring is 1. The van der Waals surface area contributed by atoms with Crippen LogP contribution in [-0.2, 0) is 13.6 Å². The van der Waals surface area contributed by atoms with E-state index in [2.05, 4.69) is 30.7 Å². The van der Waals surface area contributed by atoms with E-state index in [0.29, 0.717) is 43.6 Å². The van der Waals surface area contributed by atoms with E-state index in [1.807, 2.05) is 19.9 Å². The van der Waals surface area contributed by atoms with Crippen LogP contribution in [0.25, 0.3) is 0 Å². The quantitative estimate of drug-likeness (QED) is 0.135. The summed E-state index contributed by atoms with van der Waals surface area (Å²) in [7, 11) is -3.02. The lowest BCUT2D eigenvalue weighted by atomic mass is 9.82. The van der Waals surface area contributed by atoms with Gasteiger partial charge in [-0.15, -0.1) is 0 Å². The van der Waals surface area contributed by atoms with Crippen LogP contribution in [0, 0.1) is 23.7 Å². The molecule has 5 rings (SSSR count). The van der Waals surface area contributed by atoms with Gasteiger partial charge in [0.15, 0.2) is 0 Å². The molecule has 0 spiro atoms. The lowest BCUT2D eigenvalue weighted by Gasteiger charge is -2.36. The lowest BCUT2D eigenvalue weighted by Crippen LogP contribution is -2.47. The smallest absolute Gasteiger partial charge is 0.331 e. The van der Waals surface area contributed by atoms with E-state index < -0.39 is 7.60 Å². The van der Waals surface area contributed by atoms with Crippen LogP contribution in [0.5, 0.6) is 0 Å². The van der Waals surface area contributed by atoms with Gasteiger partial charge in [-0.05, 0) is 109 Å². The molecule has 1 aromatic rings. The molecule has 1 aromatic heterocycles. The van der Waals surface area contributed by atoms with E-state index >= 15 is 0 Å². The largest absolute Gasteiger partial charge is 0.383 e. The highest BCUT2D eigenvalue weighted by molar-refractivity contribution is 7.53. The molecule has 0 aromatic carbocycles. The Morgan fingerprint density at radius 3 is 2.32 bits per heavy atom. The number of anilines is 3. The minimum Gasteiger partial charge on any atom is -0.383 e. The summed E-state index contributed by atoms with van der Waals surface area (Å²) in [6, 6.07) is 2.68. The zero-order chi connectivity index (χ0) is 30.8. The van der Waals surface area contributed by atoms with E-state index in [1.54, 1.807) is 0 Å². The van der Waals surface area contributed by atoms with Crippen molar-refractivity contribution in [2.75, 3.05) is 94.2 Å². The van der Waals surface area contributed by atoms with Gasteiger partial charge in [-0.3, -0.25) is 9.46 Å². The first kappa shape index (κ1) is 33.9. The minimum absolute atomic E-state index is 0.397. The molecule has 1 aliphatic heterocycles. The summed E-state index contributed by atoms with van der Waals surface area (Å²) in [5.41, 5.74) is 6.20. The highest BCUT2D eigenvalue weighted by Gasteiger charge is 2.38. The zero-order valence-electron chi connectivity index (χ0n) is 27.4. The van der Waals surface area contributed by atoms with Crippen molar-refractivity contribution in [2.24, 2.45) is 23.7 Å². The number of piperazine rings is 1. The number of hydrogen-bond donors (Lipinski definition) is 4. The SMILES string of the molecule is CCOP(=O)(CCN1CCN(c2cc(N)nc(NCC3CCC(CNCCCNC4C[C@@H]5CCC4C5)CC3)n2)CC1)OCC. The number of hydrogen-bond acceptors (Lipinski definition) is 11. The molecule has 12 heteroatoms. The van der Waals surface area contributed by atoms with Crippen molar-refractivity contribution in [1.82, 2.24) is 25.5 Å². The lowest BCUT2D eigenvalue weighted by molar-refractivity contribution is 0.209. The highest BCUT2D eigenvalue weighted by atomic mass is 31.2. The third-order valence-electron chi connectivity index (χ3n) is 10.4. The van der Waals surface area contributed by atoms with E-state index in [9.17, 15) is 4.57 Å². The maximum atomic E-state index is 12.8. The monoisotopic (exact) mass is 634 g/mol. The van der Waals surface area contributed by atoms with Gasteiger partial charge >= 0.3 is 7.60 Å². The molecular weight excluding hydrogens is 575 g/mol. The van der Waals surface area contributed by atoms with Gasteiger partial charge in [-0.2, -0.15) is 9.97 Å². The van der Waals surface area contributed by atoms with Gasteiger partial charge in [0.1, 0.15) is 11.6 Å². The van der Waals surface area contributed by atoms with E-state index in [4.69, 9.17) is 19.8 Å². The summed E-state index contributed by atoms with van der Waals surface area (Å²) in [5, 5.41) is 11.1. The number of nitrogens with one attached hydrogen (secondary N) is 3. The molecule has 2 unspecified atom stereocenters. The molecule has 4 aliphatic rings. The highest BCUT2D eigenvalue weighted by Crippen LogP contribution is 2.47. The van der Waals surface area contributed by atoms with Crippen LogP contribution in [-0.4, -0.2) is 99.2 Å². The van der Waals surface area contributed by atoms with Gasteiger partial charge in [0.05, 0.1) is 19.4 Å². The van der Waals surface area contributed by atoms with Crippen LogP contribution in [0.1, 0.15) is 71.6 Å². The second kappa shape index (κ2) is 16.9. The molecular formula is C32H59N8O3P. The Balaban J connectivity index is 0.948. The van der Waals surface area contributed by atoms with Crippen molar-refractivity contribution < 1.29 is 13.6 Å². The maximum Gasteiger partial charge on any atom is 0.331 e. The van der Waals surface area contributed by atoms with Crippen LogP contribution in [0.15, 0.2) is 6.07 Å². The fourth-order valence-electron chi connectivity index (χ4n) is 7.90.